The number of phenolic OH excluding ortho intramolecular Hbond substituents is 1. The molecule has 1 heterocycles. The Morgan fingerprint density at radius 2 is 1.87 bits per heavy atom. The number of phenols is 1. The quantitative estimate of drug-likeness (QED) is 0.348. The Bertz CT molecular complexity index is 1230. The molecule has 4 rings (SSSR count). The van der Waals surface area contributed by atoms with Gasteiger partial charge in [-0.3, -0.25) is 9.36 Å². The van der Waals surface area contributed by atoms with E-state index >= 15 is 0 Å². The SMILES string of the molecule is Cc1cccc(NC(=O)CSc2nnc(-c3cc(Br)ccc3O)n2-c2ccccc2)c1. The van der Waals surface area contributed by atoms with Gasteiger partial charge in [-0.05, 0) is 55.0 Å². The summed E-state index contributed by atoms with van der Waals surface area (Å²) in [5.74, 6) is 0.627. The predicted molar refractivity (Wildman–Crippen MR) is 127 cm³/mol. The number of rotatable bonds is 6. The molecule has 0 spiro atoms. The van der Waals surface area contributed by atoms with Crippen LogP contribution in [-0.4, -0.2) is 31.5 Å². The average molecular weight is 495 g/mol. The number of nitrogens with one attached hydrogen (secondary N) is 1. The number of hydrogen-bond acceptors (Lipinski definition) is 5. The van der Waals surface area contributed by atoms with Gasteiger partial charge in [-0.2, -0.15) is 0 Å². The first kappa shape index (κ1) is 21.1. The van der Waals surface area contributed by atoms with Gasteiger partial charge in [0.05, 0.1) is 11.3 Å². The van der Waals surface area contributed by atoms with Gasteiger partial charge < -0.3 is 10.4 Å². The Kier molecular flexibility index (Phi) is 6.39. The summed E-state index contributed by atoms with van der Waals surface area (Å²) in [6.45, 7) is 1.98. The van der Waals surface area contributed by atoms with E-state index < -0.39 is 0 Å². The fraction of sp³-hybridized carbons (Fsp3) is 0.0870. The van der Waals surface area contributed by atoms with Gasteiger partial charge in [0.25, 0.3) is 0 Å². The number of nitrogens with zero attached hydrogens (tertiary/aromatic N) is 3. The van der Waals surface area contributed by atoms with Gasteiger partial charge in [0.1, 0.15) is 5.75 Å². The molecule has 8 heteroatoms. The number of benzene rings is 3. The lowest BCUT2D eigenvalue weighted by atomic mass is 10.2. The number of halogens is 1. The number of amides is 1. The number of aromatic nitrogens is 3. The van der Waals surface area contributed by atoms with Crippen LogP contribution in [0.3, 0.4) is 0 Å². The lowest BCUT2D eigenvalue weighted by Crippen LogP contribution is -2.14. The Labute approximate surface area is 192 Å². The second-order valence-electron chi connectivity index (χ2n) is 6.84. The molecule has 1 amide bonds. The van der Waals surface area contributed by atoms with E-state index in [0.29, 0.717) is 16.5 Å². The van der Waals surface area contributed by atoms with Crippen LogP contribution >= 0.6 is 27.7 Å². The molecule has 0 aliphatic carbocycles. The van der Waals surface area contributed by atoms with Gasteiger partial charge in [-0.1, -0.05) is 58.0 Å². The van der Waals surface area contributed by atoms with E-state index in [0.717, 1.165) is 21.4 Å². The van der Waals surface area contributed by atoms with Crippen LogP contribution in [0, 0.1) is 6.92 Å². The van der Waals surface area contributed by atoms with Crippen molar-refractivity contribution < 1.29 is 9.90 Å². The van der Waals surface area contributed by atoms with E-state index in [1.54, 1.807) is 18.2 Å². The monoisotopic (exact) mass is 494 g/mol. The largest absolute Gasteiger partial charge is 0.507 e. The topological polar surface area (TPSA) is 80.0 Å². The molecule has 0 unspecified atom stereocenters. The highest BCUT2D eigenvalue weighted by atomic mass is 79.9. The van der Waals surface area contributed by atoms with Gasteiger partial charge in [-0.15, -0.1) is 10.2 Å². The molecule has 156 valence electrons. The lowest BCUT2D eigenvalue weighted by molar-refractivity contribution is -0.113. The molecule has 0 bridgehead atoms. The first-order chi connectivity index (χ1) is 15.0. The molecule has 0 atom stereocenters. The maximum absolute atomic E-state index is 12.5. The summed E-state index contributed by atoms with van der Waals surface area (Å²) in [7, 11) is 0. The molecule has 31 heavy (non-hydrogen) atoms. The van der Waals surface area contributed by atoms with Crippen molar-refractivity contribution in [2.75, 3.05) is 11.1 Å². The third-order valence-electron chi connectivity index (χ3n) is 4.48. The van der Waals surface area contributed by atoms with E-state index in [4.69, 9.17) is 0 Å². The van der Waals surface area contributed by atoms with Crippen molar-refractivity contribution in [3.8, 4) is 22.8 Å². The molecular formula is C23H19BrN4O2S. The summed E-state index contributed by atoms with van der Waals surface area (Å²) in [6, 6.07) is 22.4. The number of para-hydroxylation sites is 1. The fourth-order valence-corrected chi connectivity index (χ4v) is 4.20. The first-order valence-electron chi connectivity index (χ1n) is 9.50. The third-order valence-corrected chi connectivity index (χ3v) is 5.90. The van der Waals surface area contributed by atoms with Crippen LogP contribution in [0.2, 0.25) is 0 Å². The van der Waals surface area contributed by atoms with Crippen LogP contribution in [0.4, 0.5) is 5.69 Å². The normalized spacial score (nSPS) is 10.8. The van der Waals surface area contributed by atoms with Crippen LogP contribution in [0.25, 0.3) is 17.1 Å². The molecule has 0 fully saturated rings. The Hall–Kier alpha value is -3.10. The minimum atomic E-state index is -0.134. The zero-order valence-corrected chi connectivity index (χ0v) is 19.0. The number of carbonyl (C=O) groups is 1. The van der Waals surface area contributed by atoms with Crippen molar-refractivity contribution >= 4 is 39.3 Å². The summed E-state index contributed by atoms with van der Waals surface area (Å²) in [5.41, 5.74) is 3.22. The summed E-state index contributed by atoms with van der Waals surface area (Å²) in [6.07, 6.45) is 0. The highest BCUT2D eigenvalue weighted by Crippen LogP contribution is 2.34. The maximum atomic E-state index is 12.5. The summed E-state index contributed by atoms with van der Waals surface area (Å²) < 4.78 is 2.65. The van der Waals surface area contributed by atoms with Crippen LogP contribution in [0.15, 0.2) is 82.4 Å². The smallest absolute Gasteiger partial charge is 0.234 e. The van der Waals surface area contributed by atoms with Gasteiger partial charge in [0, 0.05) is 15.8 Å². The number of anilines is 1. The Morgan fingerprint density at radius 3 is 2.65 bits per heavy atom. The second-order valence-corrected chi connectivity index (χ2v) is 8.70. The van der Waals surface area contributed by atoms with Crippen molar-refractivity contribution in [1.29, 1.82) is 0 Å². The Balaban J connectivity index is 1.63. The number of carbonyl (C=O) groups excluding carboxylic acids is 1. The minimum absolute atomic E-state index is 0.0986. The number of thioether (sulfide) groups is 1. The molecule has 0 saturated heterocycles. The summed E-state index contributed by atoms with van der Waals surface area (Å²) in [4.78, 5) is 12.5. The number of aromatic hydroxyl groups is 1. The highest BCUT2D eigenvalue weighted by Gasteiger charge is 2.19. The molecule has 6 nitrogen and oxygen atoms in total. The zero-order chi connectivity index (χ0) is 21.8. The molecule has 2 N–H and O–H groups in total. The minimum Gasteiger partial charge on any atom is -0.507 e. The lowest BCUT2D eigenvalue weighted by Gasteiger charge is -2.11. The molecule has 3 aromatic carbocycles. The summed E-state index contributed by atoms with van der Waals surface area (Å²) in [5, 5.41) is 22.5. The molecule has 0 radical (unpaired) electrons. The number of hydrogen-bond donors (Lipinski definition) is 2. The van der Waals surface area contributed by atoms with Gasteiger partial charge >= 0.3 is 0 Å². The molecule has 4 aromatic rings. The van der Waals surface area contributed by atoms with Crippen LogP contribution < -0.4 is 5.32 Å². The summed E-state index contributed by atoms with van der Waals surface area (Å²) >= 11 is 4.72. The molecular weight excluding hydrogens is 476 g/mol. The maximum Gasteiger partial charge on any atom is 0.234 e. The zero-order valence-electron chi connectivity index (χ0n) is 16.6. The number of aryl methyl sites for hydroxylation is 1. The molecule has 0 aliphatic rings. The van der Waals surface area contributed by atoms with Crippen LogP contribution in [0.1, 0.15) is 5.56 Å². The van der Waals surface area contributed by atoms with Gasteiger partial charge in [-0.25, -0.2) is 0 Å². The second kappa shape index (κ2) is 9.36. The van der Waals surface area contributed by atoms with Gasteiger partial charge in [0.2, 0.25) is 5.91 Å². The first-order valence-corrected chi connectivity index (χ1v) is 11.3. The average Bonchev–Trinajstić information content (AvgIpc) is 3.18. The highest BCUT2D eigenvalue weighted by molar-refractivity contribution is 9.10. The fourth-order valence-electron chi connectivity index (χ4n) is 3.09. The van der Waals surface area contributed by atoms with E-state index in [9.17, 15) is 9.90 Å². The van der Waals surface area contributed by atoms with Crippen LogP contribution in [-0.2, 0) is 4.79 Å². The molecule has 1 aromatic heterocycles. The van der Waals surface area contributed by atoms with Crippen molar-refractivity contribution in [3.05, 3.63) is 82.8 Å². The molecule has 0 saturated carbocycles. The van der Waals surface area contributed by atoms with Crippen molar-refractivity contribution in [1.82, 2.24) is 14.8 Å². The van der Waals surface area contributed by atoms with E-state index in [1.165, 1.54) is 11.8 Å². The van der Waals surface area contributed by atoms with Crippen molar-refractivity contribution in [2.24, 2.45) is 0 Å². The molecule has 0 aliphatic heterocycles. The van der Waals surface area contributed by atoms with Gasteiger partial charge in [0.15, 0.2) is 11.0 Å². The van der Waals surface area contributed by atoms with E-state index in [2.05, 4.69) is 31.4 Å². The van der Waals surface area contributed by atoms with E-state index in [-0.39, 0.29) is 17.4 Å². The van der Waals surface area contributed by atoms with Crippen molar-refractivity contribution in [2.45, 2.75) is 12.1 Å². The Morgan fingerprint density at radius 1 is 1.06 bits per heavy atom. The van der Waals surface area contributed by atoms with Crippen molar-refractivity contribution in [3.63, 3.8) is 0 Å². The van der Waals surface area contributed by atoms with Crippen LogP contribution in [0.5, 0.6) is 5.75 Å². The predicted octanol–water partition coefficient (Wildman–Crippen LogP) is 5.44. The third kappa shape index (κ3) is 4.98. The standard InChI is InChI=1S/C23H19BrN4O2S/c1-15-6-5-7-17(12-15)25-21(30)14-31-23-27-26-22(19-13-16(24)10-11-20(19)29)28(23)18-8-3-2-4-9-18/h2-13,29H,14H2,1H3,(H,25,30). The van der Waals surface area contributed by atoms with E-state index in [1.807, 2.05) is 66.1 Å².